The van der Waals surface area contributed by atoms with Crippen molar-refractivity contribution in [1.29, 1.82) is 0 Å². The Hall–Kier alpha value is -3.81. The smallest absolute Gasteiger partial charge is 0.273 e. The normalized spacial score (nSPS) is 11.1. The summed E-state index contributed by atoms with van der Waals surface area (Å²) in [5, 5.41) is 3.64. The summed E-state index contributed by atoms with van der Waals surface area (Å²) in [5.41, 5.74) is 4.48. The van der Waals surface area contributed by atoms with Gasteiger partial charge >= 0.3 is 0 Å². The lowest BCUT2D eigenvalue weighted by atomic mass is 10.1. The van der Waals surface area contributed by atoms with Crippen LogP contribution in [-0.4, -0.2) is 34.3 Å². The average Bonchev–Trinajstić information content (AvgIpc) is 3.02. The van der Waals surface area contributed by atoms with E-state index in [1.54, 1.807) is 42.5 Å². The summed E-state index contributed by atoms with van der Waals surface area (Å²) in [6.07, 6.45) is 0. The molecule has 4 rings (SSSR count). The average molecular weight is 420 g/mol. The van der Waals surface area contributed by atoms with Gasteiger partial charge in [0, 0.05) is 28.9 Å². The number of fused-ring (bicyclic) bond motifs is 3. The van der Waals surface area contributed by atoms with Crippen LogP contribution in [0.25, 0.3) is 16.6 Å². The minimum atomic E-state index is -0.342. The van der Waals surface area contributed by atoms with E-state index in [9.17, 15) is 9.59 Å². The summed E-state index contributed by atoms with van der Waals surface area (Å²) in [6, 6.07) is 10.8. The van der Waals surface area contributed by atoms with Gasteiger partial charge in [-0.05, 0) is 50.1 Å². The first kappa shape index (κ1) is 20.5. The number of hydrogen-bond donors (Lipinski definition) is 1. The SMILES string of the molecule is COc1cc2c(cc1OC)n(CC(=O)Nc1ccc(C)c(C)c1)n1c(C)cc(=O)nc21. The van der Waals surface area contributed by atoms with Crippen LogP contribution in [0, 0.1) is 20.8 Å². The molecule has 8 nitrogen and oxygen atoms in total. The van der Waals surface area contributed by atoms with Gasteiger partial charge in [-0.25, -0.2) is 4.52 Å². The van der Waals surface area contributed by atoms with Gasteiger partial charge in [-0.15, -0.1) is 0 Å². The summed E-state index contributed by atoms with van der Waals surface area (Å²) in [6.45, 7) is 5.86. The van der Waals surface area contributed by atoms with Crippen LogP contribution >= 0.6 is 0 Å². The Balaban J connectivity index is 1.85. The molecule has 1 N–H and O–H groups in total. The molecule has 0 radical (unpaired) electrons. The number of rotatable bonds is 5. The van der Waals surface area contributed by atoms with Crippen molar-refractivity contribution in [2.75, 3.05) is 19.5 Å². The van der Waals surface area contributed by atoms with E-state index in [1.165, 1.54) is 6.07 Å². The standard InChI is InChI=1S/C23H24N4O4/c1-13-6-7-16(8-14(13)2)24-22(29)12-26-18-11-20(31-5)19(30-4)10-17(18)23-25-21(28)9-15(3)27(23)26/h6-11H,12H2,1-5H3,(H,24,29). The van der Waals surface area contributed by atoms with Crippen LogP contribution in [0.1, 0.15) is 16.8 Å². The highest BCUT2D eigenvalue weighted by Crippen LogP contribution is 2.34. The van der Waals surface area contributed by atoms with Gasteiger partial charge in [0.05, 0.1) is 19.7 Å². The van der Waals surface area contributed by atoms with Gasteiger partial charge in [-0.3, -0.25) is 14.3 Å². The third-order valence-corrected chi connectivity index (χ3v) is 5.43. The third kappa shape index (κ3) is 3.61. The van der Waals surface area contributed by atoms with E-state index >= 15 is 0 Å². The largest absolute Gasteiger partial charge is 0.493 e. The number of carbonyl (C=O) groups excluding carboxylic acids is 1. The molecule has 8 heteroatoms. The van der Waals surface area contributed by atoms with Gasteiger partial charge < -0.3 is 14.8 Å². The lowest BCUT2D eigenvalue weighted by molar-refractivity contribution is -0.116. The molecule has 0 unspecified atom stereocenters. The van der Waals surface area contributed by atoms with Crippen molar-refractivity contribution in [3.8, 4) is 11.5 Å². The Kier molecular flexibility index (Phi) is 5.14. The van der Waals surface area contributed by atoms with Crippen LogP contribution in [0.2, 0.25) is 0 Å². The molecule has 0 saturated heterocycles. The van der Waals surface area contributed by atoms with Crippen molar-refractivity contribution in [3.63, 3.8) is 0 Å². The number of benzene rings is 2. The molecule has 2 heterocycles. The number of nitrogens with zero attached hydrogens (tertiary/aromatic N) is 3. The van der Waals surface area contributed by atoms with Gasteiger partial charge in [0.2, 0.25) is 5.91 Å². The van der Waals surface area contributed by atoms with Gasteiger partial charge in [0.25, 0.3) is 5.56 Å². The van der Waals surface area contributed by atoms with E-state index < -0.39 is 0 Å². The maximum Gasteiger partial charge on any atom is 0.273 e. The lowest BCUT2D eigenvalue weighted by Gasteiger charge is -2.12. The zero-order chi connectivity index (χ0) is 22.3. The second-order valence-electron chi connectivity index (χ2n) is 7.50. The molecule has 0 fully saturated rings. The van der Waals surface area contributed by atoms with Gasteiger partial charge in [-0.2, -0.15) is 4.98 Å². The van der Waals surface area contributed by atoms with Crippen LogP contribution in [0.4, 0.5) is 5.69 Å². The first-order chi connectivity index (χ1) is 14.8. The van der Waals surface area contributed by atoms with Crippen molar-refractivity contribution in [3.05, 3.63) is 63.6 Å². The van der Waals surface area contributed by atoms with Crippen molar-refractivity contribution in [2.45, 2.75) is 27.3 Å². The highest BCUT2D eigenvalue weighted by Gasteiger charge is 2.19. The van der Waals surface area contributed by atoms with E-state index in [0.29, 0.717) is 33.7 Å². The molecule has 0 spiro atoms. The molecule has 0 aliphatic rings. The fraction of sp³-hybridized carbons (Fsp3) is 0.261. The van der Waals surface area contributed by atoms with Gasteiger partial charge in [-0.1, -0.05) is 6.07 Å². The monoisotopic (exact) mass is 420 g/mol. The minimum absolute atomic E-state index is 0.0216. The summed E-state index contributed by atoms with van der Waals surface area (Å²) in [7, 11) is 3.10. The van der Waals surface area contributed by atoms with Crippen LogP contribution in [0.3, 0.4) is 0 Å². The van der Waals surface area contributed by atoms with Crippen molar-refractivity contribution >= 4 is 28.1 Å². The van der Waals surface area contributed by atoms with Crippen LogP contribution in [0.5, 0.6) is 11.5 Å². The Labute approximate surface area is 179 Å². The fourth-order valence-electron chi connectivity index (χ4n) is 3.75. The number of ether oxygens (including phenoxy) is 2. The summed E-state index contributed by atoms with van der Waals surface area (Å²) >= 11 is 0. The molecule has 31 heavy (non-hydrogen) atoms. The molecule has 2 aromatic heterocycles. The molecule has 160 valence electrons. The molecular formula is C23H24N4O4. The number of hydrogen-bond acceptors (Lipinski definition) is 5. The molecule has 4 aromatic rings. The third-order valence-electron chi connectivity index (χ3n) is 5.43. The predicted molar refractivity (Wildman–Crippen MR) is 119 cm³/mol. The molecule has 0 atom stereocenters. The number of amides is 1. The second-order valence-corrected chi connectivity index (χ2v) is 7.50. The second kappa shape index (κ2) is 7.79. The van der Waals surface area contributed by atoms with Crippen molar-refractivity contribution in [1.82, 2.24) is 14.2 Å². The zero-order valence-corrected chi connectivity index (χ0v) is 18.1. The molecule has 0 saturated carbocycles. The number of carbonyl (C=O) groups is 1. The summed E-state index contributed by atoms with van der Waals surface area (Å²) in [5.74, 6) is 0.842. The predicted octanol–water partition coefficient (Wildman–Crippen LogP) is 3.23. The molecule has 0 aliphatic heterocycles. The molecule has 1 amide bonds. The maximum absolute atomic E-state index is 12.9. The first-order valence-electron chi connectivity index (χ1n) is 9.84. The Morgan fingerprint density at radius 3 is 2.39 bits per heavy atom. The molecule has 0 aliphatic carbocycles. The van der Waals surface area contributed by atoms with Crippen molar-refractivity contribution < 1.29 is 14.3 Å². The minimum Gasteiger partial charge on any atom is -0.493 e. The quantitative estimate of drug-likeness (QED) is 0.536. The van der Waals surface area contributed by atoms with Gasteiger partial charge in [0.1, 0.15) is 6.54 Å². The molecule has 0 bridgehead atoms. The first-order valence-corrected chi connectivity index (χ1v) is 9.84. The lowest BCUT2D eigenvalue weighted by Crippen LogP contribution is -2.23. The Morgan fingerprint density at radius 2 is 1.71 bits per heavy atom. The Bertz CT molecular complexity index is 1380. The van der Waals surface area contributed by atoms with E-state index in [4.69, 9.17) is 9.47 Å². The van der Waals surface area contributed by atoms with E-state index in [1.807, 2.05) is 32.0 Å². The van der Waals surface area contributed by atoms with Crippen LogP contribution in [0.15, 0.2) is 41.2 Å². The maximum atomic E-state index is 12.9. The number of nitrogens with one attached hydrogen (secondary N) is 1. The van der Waals surface area contributed by atoms with Gasteiger partial charge in [0.15, 0.2) is 17.1 Å². The highest BCUT2D eigenvalue weighted by atomic mass is 16.5. The fourth-order valence-corrected chi connectivity index (χ4v) is 3.75. The zero-order valence-electron chi connectivity index (χ0n) is 18.1. The van der Waals surface area contributed by atoms with Crippen LogP contribution < -0.4 is 20.3 Å². The summed E-state index contributed by atoms with van der Waals surface area (Å²) in [4.78, 5) is 29.2. The van der Waals surface area contributed by atoms with Crippen LogP contribution in [-0.2, 0) is 11.3 Å². The van der Waals surface area contributed by atoms with E-state index in [0.717, 1.165) is 16.8 Å². The van der Waals surface area contributed by atoms with E-state index in [2.05, 4.69) is 10.3 Å². The number of methoxy groups -OCH3 is 2. The van der Waals surface area contributed by atoms with Crippen molar-refractivity contribution in [2.24, 2.45) is 0 Å². The topological polar surface area (TPSA) is 86.9 Å². The van der Waals surface area contributed by atoms with E-state index in [-0.39, 0.29) is 18.0 Å². The highest BCUT2D eigenvalue weighted by molar-refractivity contribution is 5.97. The molecular weight excluding hydrogens is 396 g/mol. The summed E-state index contributed by atoms with van der Waals surface area (Å²) < 4.78 is 14.4. The number of aryl methyl sites for hydroxylation is 3. The number of aromatic nitrogens is 3. The molecule has 2 aromatic carbocycles. The Morgan fingerprint density at radius 1 is 1.00 bits per heavy atom. The number of anilines is 1.